The van der Waals surface area contributed by atoms with Crippen LogP contribution in [0.15, 0.2) is 47.6 Å². The zero-order valence-electron chi connectivity index (χ0n) is 12.2. The van der Waals surface area contributed by atoms with Gasteiger partial charge in [-0.3, -0.25) is 14.9 Å². The number of aromatic hydroxyl groups is 1. The van der Waals surface area contributed by atoms with Gasteiger partial charge in [0.1, 0.15) is 5.75 Å². The number of carbonyl (C=O) groups is 1. The predicted molar refractivity (Wildman–Crippen MR) is 87.4 cm³/mol. The average Bonchev–Trinajstić information content (AvgIpc) is 2.54. The van der Waals surface area contributed by atoms with E-state index in [-0.39, 0.29) is 6.61 Å². The van der Waals surface area contributed by atoms with E-state index in [4.69, 9.17) is 16.3 Å². The number of nitro benzene ring substituents is 1. The van der Waals surface area contributed by atoms with E-state index >= 15 is 0 Å². The number of benzene rings is 2. The highest BCUT2D eigenvalue weighted by molar-refractivity contribution is 6.30. The SMILES string of the molecule is O=C(COc1ccc(Cl)cc1)N/N=C\c1ccc([N+](=O)[O-])c(O)c1. The van der Waals surface area contributed by atoms with Crippen molar-refractivity contribution in [3.63, 3.8) is 0 Å². The zero-order valence-corrected chi connectivity index (χ0v) is 12.9. The molecule has 8 nitrogen and oxygen atoms in total. The summed E-state index contributed by atoms with van der Waals surface area (Å²) in [5.41, 5.74) is 2.21. The molecule has 24 heavy (non-hydrogen) atoms. The van der Waals surface area contributed by atoms with Crippen LogP contribution in [0.25, 0.3) is 0 Å². The number of hydrogen-bond acceptors (Lipinski definition) is 6. The standard InChI is InChI=1S/C15H12ClN3O5/c16-11-2-4-12(5-3-11)24-9-15(21)18-17-8-10-1-6-13(19(22)23)14(20)7-10/h1-8,20H,9H2,(H,18,21)/b17-8-. The molecule has 0 atom stereocenters. The van der Waals surface area contributed by atoms with Gasteiger partial charge in [0.2, 0.25) is 0 Å². The van der Waals surface area contributed by atoms with E-state index in [2.05, 4.69) is 10.5 Å². The molecule has 2 N–H and O–H groups in total. The van der Waals surface area contributed by atoms with E-state index in [1.54, 1.807) is 24.3 Å². The Kier molecular flexibility index (Phi) is 5.69. The maximum atomic E-state index is 11.6. The van der Waals surface area contributed by atoms with E-state index in [1.165, 1.54) is 12.3 Å². The number of ether oxygens (including phenoxy) is 1. The van der Waals surface area contributed by atoms with Crippen LogP contribution in [0, 0.1) is 10.1 Å². The Morgan fingerprint density at radius 1 is 1.33 bits per heavy atom. The van der Waals surface area contributed by atoms with E-state index in [0.717, 1.165) is 12.1 Å². The fraction of sp³-hybridized carbons (Fsp3) is 0.0667. The number of nitro groups is 1. The van der Waals surface area contributed by atoms with Crippen molar-refractivity contribution in [3.8, 4) is 11.5 Å². The number of nitrogens with one attached hydrogen (secondary N) is 1. The third-order valence-electron chi connectivity index (χ3n) is 2.78. The molecule has 0 unspecified atom stereocenters. The minimum atomic E-state index is -0.702. The van der Waals surface area contributed by atoms with Gasteiger partial charge in [-0.1, -0.05) is 11.6 Å². The Morgan fingerprint density at radius 2 is 2.04 bits per heavy atom. The van der Waals surface area contributed by atoms with Crippen molar-refractivity contribution < 1.29 is 19.6 Å². The summed E-state index contributed by atoms with van der Waals surface area (Å²) in [7, 11) is 0. The number of carbonyl (C=O) groups excluding carboxylic acids is 1. The molecule has 0 spiro atoms. The third-order valence-corrected chi connectivity index (χ3v) is 3.03. The maximum absolute atomic E-state index is 11.6. The Morgan fingerprint density at radius 3 is 2.67 bits per heavy atom. The molecule has 0 aliphatic rings. The van der Waals surface area contributed by atoms with Gasteiger partial charge in [0.25, 0.3) is 5.91 Å². The van der Waals surface area contributed by atoms with Crippen LogP contribution in [0.4, 0.5) is 5.69 Å². The molecule has 0 aliphatic heterocycles. The second-order valence-corrected chi connectivity index (χ2v) is 4.98. The summed E-state index contributed by atoms with van der Waals surface area (Å²) in [5.74, 6) is -0.493. The first-order valence-corrected chi connectivity index (χ1v) is 7.01. The topological polar surface area (TPSA) is 114 Å². The second kappa shape index (κ2) is 7.93. The van der Waals surface area contributed by atoms with Crippen molar-refractivity contribution in [2.45, 2.75) is 0 Å². The molecular weight excluding hydrogens is 338 g/mol. The lowest BCUT2D eigenvalue weighted by molar-refractivity contribution is -0.385. The first kappa shape index (κ1) is 17.2. The van der Waals surface area contributed by atoms with Gasteiger partial charge in [-0.05, 0) is 42.0 Å². The maximum Gasteiger partial charge on any atom is 0.310 e. The highest BCUT2D eigenvalue weighted by Gasteiger charge is 2.12. The summed E-state index contributed by atoms with van der Waals surface area (Å²) in [6.07, 6.45) is 1.24. The predicted octanol–water partition coefficient (Wildman–Crippen LogP) is 2.48. The van der Waals surface area contributed by atoms with Crippen LogP contribution in [0.3, 0.4) is 0 Å². The molecule has 0 aliphatic carbocycles. The lowest BCUT2D eigenvalue weighted by Gasteiger charge is -2.04. The molecule has 0 fully saturated rings. The van der Waals surface area contributed by atoms with Gasteiger partial charge in [0, 0.05) is 11.1 Å². The van der Waals surface area contributed by atoms with Crippen molar-refractivity contribution in [2.75, 3.05) is 6.61 Å². The molecule has 2 aromatic rings. The number of hydrazone groups is 1. The molecule has 124 valence electrons. The molecule has 2 aromatic carbocycles. The van der Waals surface area contributed by atoms with E-state index < -0.39 is 22.3 Å². The van der Waals surface area contributed by atoms with Crippen LogP contribution in [-0.4, -0.2) is 28.8 Å². The summed E-state index contributed by atoms with van der Waals surface area (Å²) in [6, 6.07) is 10.2. The Labute approximate surface area is 141 Å². The fourth-order valence-corrected chi connectivity index (χ4v) is 1.79. The van der Waals surface area contributed by atoms with Crippen LogP contribution in [0.2, 0.25) is 5.02 Å². The summed E-state index contributed by atoms with van der Waals surface area (Å²) in [4.78, 5) is 21.4. The molecule has 0 saturated heterocycles. The Hall–Kier alpha value is -3.13. The van der Waals surface area contributed by atoms with Gasteiger partial charge >= 0.3 is 5.69 Å². The van der Waals surface area contributed by atoms with Gasteiger partial charge in [-0.25, -0.2) is 5.43 Å². The van der Waals surface area contributed by atoms with Crippen molar-refractivity contribution in [1.29, 1.82) is 0 Å². The summed E-state index contributed by atoms with van der Waals surface area (Å²) in [5, 5.41) is 24.3. The average molecular weight is 350 g/mol. The fourth-order valence-electron chi connectivity index (χ4n) is 1.67. The van der Waals surface area contributed by atoms with Crippen LogP contribution >= 0.6 is 11.6 Å². The normalized spacial score (nSPS) is 10.5. The Balaban J connectivity index is 1.84. The summed E-state index contributed by atoms with van der Waals surface area (Å²) in [6.45, 7) is -0.246. The number of hydrogen-bond donors (Lipinski definition) is 2. The molecule has 9 heteroatoms. The molecule has 0 bridgehead atoms. The number of rotatable bonds is 6. The highest BCUT2D eigenvalue weighted by atomic mass is 35.5. The van der Waals surface area contributed by atoms with Crippen LogP contribution < -0.4 is 10.2 Å². The van der Waals surface area contributed by atoms with Crippen molar-refractivity contribution in [3.05, 3.63) is 63.2 Å². The van der Waals surface area contributed by atoms with E-state index in [1.807, 2.05) is 0 Å². The second-order valence-electron chi connectivity index (χ2n) is 4.54. The lowest BCUT2D eigenvalue weighted by Crippen LogP contribution is -2.24. The van der Waals surface area contributed by atoms with Crippen LogP contribution in [-0.2, 0) is 4.79 Å². The van der Waals surface area contributed by atoms with E-state index in [0.29, 0.717) is 16.3 Å². The molecule has 1 amide bonds. The molecular formula is C15H12ClN3O5. The first-order valence-electron chi connectivity index (χ1n) is 6.63. The summed E-state index contributed by atoms with van der Waals surface area (Å²) < 4.78 is 5.23. The van der Waals surface area contributed by atoms with Crippen LogP contribution in [0.1, 0.15) is 5.56 Å². The monoisotopic (exact) mass is 349 g/mol. The minimum Gasteiger partial charge on any atom is -0.502 e. The van der Waals surface area contributed by atoms with Crippen LogP contribution in [0.5, 0.6) is 11.5 Å². The molecule has 2 rings (SSSR count). The van der Waals surface area contributed by atoms with Gasteiger partial charge in [-0.15, -0.1) is 0 Å². The van der Waals surface area contributed by atoms with E-state index in [9.17, 15) is 20.0 Å². The minimum absolute atomic E-state index is 0.246. The number of phenolic OH excluding ortho intramolecular Hbond substituents is 1. The number of phenols is 1. The number of amides is 1. The van der Waals surface area contributed by atoms with Gasteiger partial charge in [0.05, 0.1) is 11.1 Å². The van der Waals surface area contributed by atoms with Crippen molar-refractivity contribution >= 4 is 29.4 Å². The number of nitrogens with zero attached hydrogens (tertiary/aromatic N) is 2. The van der Waals surface area contributed by atoms with Crippen molar-refractivity contribution in [1.82, 2.24) is 5.43 Å². The van der Waals surface area contributed by atoms with Crippen molar-refractivity contribution in [2.24, 2.45) is 5.10 Å². The molecule has 0 radical (unpaired) electrons. The van der Waals surface area contributed by atoms with Gasteiger partial charge in [0.15, 0.2) is 12.4 Å². The summed E-state index contributed by atoms with van der Waals surface area (Å²) >= 11 is 5.73. The zero-order chi connectivity index (χ0) is 17.5. The smallest absolute Gasteiger partial charge is 0.310 e. The van der Waals surface area contributed by atoms with Gasteiger partial charge < -0.3 is 9.84 Å². The number of halogens is 1. The highest BCUT2D eigenvalue weighted by Crippen LogP contribution is 2.25. The molecule has 0 heterocycles. The quantitative estimate of drug-likeness (QED) is 0.472. The van der Waals surface area contributed by atoms with Gasteiger partial charge in [-0.2, -0.15) is 5.10 Å². The molecule has 0 aromatic heterocycles. The third kappa shape index (κ3) is 4.96. The molecule has 0 saturated carbocycles. The Bertz CT molecular complexity index is 777. The largest absolute Gasteiger partial charge is 0.502 e. The first-order chi connectivity index (χ1) is 11.5. The lowest BCUT2D eigenvalue weighted by atomic mass is 10.2.